The highest BCUT2D eigenvalue weighted by molar-refractivity contribution is 7.92. The molecule has 0 bridgehead atoms. The maximum atomic E-state index is 13.4. The summed E-state index contributed by atoms with van der Waals surface area (Å²) in [5, 5.41) is 3.02. The Hall–Kier alpha value is -3.72. The first-order valence-electron chi connectivity index (χ1n) is 11.0. The third-order valence-electron chi connectivity index (χ3n) is 5.36. The molecule has 34 heavy (non-hydrogen) atoms. The number of pyridine rings is 1. The van der Waals surface area contributed by atoms with Crippen LogP contribution in [0.3, 0.4) is 0 Å². The quantitative estimate of drug-likeness (QED) is 0.384. The van der Waals surface area contributed by atoms with E-state index in [1.165, 1.54) is 5.56 Å². The van der Waals surface area contributed by atoms with Gasteiger partial charge in [0.1, 0.15) is 0 Å². The second-order valence-corrected chi connectivity index (χ2v) is 10.1. The number of hydrogen-bond acceptors (Lipinski definition) is 5. The van der Waals surface area contributed by atoms with E-state index >= 15 is 0 Å². The summed E-state index contributed by atoms with van der Waals surface area (Å²) < 4.78 is 28.0. The van der Waals surface area contributed by atoms with Crippen LogP contribution in [0.15, 0.2) is 73.2 Å². The SMILES string of the molecule is C[C@H](Cc1ccccn1)NC(=O)c1cc(NS(C)(=O)=O)cc2ncn(CCc3ccccc3)c12. The lowest BCUT2D eigenvalue weighted by molar-refractivity contribution is 0.0941. The first-order valence-corrected chi connectivity index (χ1v) is 12.9. The number of fused-ring (bicyclic) bond motifs is 1. The molecule has 0 fully saturated rings. The van der Waals surface area contributed by atoms with E-state index < -0.39 is 10.0 Å². The zero-order valence-corrected chi connectivity index (χ0v) is 19.9. The molecule has 2 aromatic carbocycles. The number of amides is 1. The topological polar surface area (TPSA) is 106 Å². The monoisotopic (exact) mass is 477 g/mol. The summed E-state index contributed by atoms with van der Waals surface area (Å²) in [5.74, 6) is -0.299. The Labute approximate surface area is 199 Å². The van der Waals surface area contributed by atoms with Crippen molar-refractivity contribution < 1.29 is 13.2 Å². The third-order valence-corrected chi connectivity index (χ3v) is 5.97. The van der Waals surface area contributed by atoms with E-state index in [4.69, 9.17) is 0 Å². The zero-order chi connectivity index (χ0) is 24.1. The molecule has 4 aromatic rings. The van der Waals surface area contributed by atoms with E-state index in [-0.39, 0.29) is 11.9 Å². The molecule has 2 N–H and O–H groups in total. The van der Waals surface area contributed by atoms with Crippen LogP contribution in [0.2, 0.25) is 0 Å². The number of nitrogens with one attached hydrogen (secondary N) is 2. The highest BCUT2D eigenvalue weighted by atomic mass is 32.2. The molecule has 9 heteroatoms. The van der Waals surface area contributed by atoms with Crippen LogP contribution in [0, 0.1) is 0 Å². The zero-order valence-electron chi connectivity index (χ0n) is 19.1. The Kier molecular flexibility index (Phi) is 6.93. The summed E-state index contributed by atoms with van der Waals surface area (Å²) in [6, 6.07) is 18.8. The van der Waals surface area contributed by atoms with E-state index in [2.05, 4.69) is 32.1 Å². The lowest BCUT2D eigenvalue weighted by atomic mass is 10.1. The van der Waals surface area contributed by atoms with Crippen LogP contribution in [0.4, 0.5) is 5.69 Å². The van der Waals surface area contributed by atoms with Gasteiger partial charge in [0.2, 0.25) is 10.0 Å². The van der Waals surface area contributed by atoms with Crippen molar-refractivity contribution in [2.24, 2.45) is 0 Å². The van der Waals surface area contributed by atoms with Gasteiger partial charge >= 0.3 is 0 Å². The van der Waals surface area contributed by atoms with Gasteiger partial charge in [0.05, 0.1) is 34.9 Å². The number of anilines is 1. The molecule has 8 nitrogen and oxygen atoms in total. The summed E-state index contributed by atoms with van der Waals surface area (Å²) in [6.07, 6.45) is 5.83. The molecule has 176 valence electrons. The van der Waals surface area contributed by atoms with Gasteiger partial charge < -0.3 is 9.88 Å². The number of benzene rings is 2. The molecule has 4 rings (SSSR count). The van der Waals surface area contributed by atoms with Crippen molar-refractivity contribution >= 4 is 32.7 Å². The fraction of sp³-hybridized carbons (Fsp3) is 0.240. The smallest absolute Gasteiger partial charge is 0.253 e. The molecule has 0 spiro atoms. The molecule has 0 saturated heterocycles. The minimum atomic E-state index is -3.52. The lowest BCUT2D eigenvalue weighted by Crippen LogP contribution is -2.34. The fourth-order valence-electron chi connectivity index (χ4n) is 3.90. The average Bonchev–Trinajstić information content (AvgIpc) is 3.20. The van der Waals surface area contributed by atoms with Crippen LogP contribution >= 0.6 is 0 Å². The summed E-state index contributed by atoms with van der Waals surface area (Å²) in [6.45, 7) is 2.54. The van der Waals surface area contributed by atoms with Gasteiger partial charge in [-0.2, -0.15) is 0 Å². The molecule has 0 aliphatic heterocycles. The number of carbonyl (C=O) groups is 1. The van der Waals surface area contributed by atoms with Gasteiger partial charge in [-0.1, -0.05) is 36.4 Å². The number of sulfonamides is 1. The lowest BCUT2D eigenvalue weighted by Gasteiger charge is -2.16. The number of carbonyl (C=O) groups excluding carboxylic acids is 1. The highest BCUT2D eigenvalue weighted by Gasteiger charge is 2.19. The maximum Gasteiger partial charge on any atom is 0.253 e. The normalized spacial score (nSPS) is 12.4. The average molecular weight is 478 g/mol. The molecule has 2 heterocycles. The molecule has 1 amide bonds. The van der Waals surface area contributed by atoms with Crippen molar-refractivity contribution in [1.82, 2.24) is 19.9 Å². The predicted octanol–water partition coefficient (Wildman–Crippen LogP) is 3.41. The Morgan fingerprint density at radius 3 is 2.53 bits per heavy atom. The van der Waals surface area contributed by atoms with Crippen molar-refractivity contribution in [3.8, 4) is 0 Å². The van der Waals surface area contributed by atoms with Crippen molar-refractivity contribution in [3.05, 3.63) is 90.0 Å². The standard InChI is InChI=1S/C25H27N5O3S/c1-18(14-20-10-6-7-12-26-20)28-25(31)22-15-21(29-34(2,32)33)16-23-24(22)30(17-27-23)13-11-19-8-4-3-5-9-19/h3-10,12,15-18,29H,11,13-14H2,1-2H3,(H,28,31)/t18-/m1/s1. The Morgan fingerprint density at radius 2 is 1.82 bits per heavy atom. The first kappa shape index (κ1) is 23.4. The third kappa shape index (κ3) is 5.99. The molecule has 2 aromatic heterocycles. The van der Waals surface area contributed by atoms with E-state index in [1.54, 1.807) is 24.7 Å². The Bertz CT molecular complexity index is 1390. The first-order chi connectivity index (χ1) is 16.3. The number of aromatic nitrogens is 3. The highest BCUT2D eigenvalue weighted by Crippen LogP contribution is 2.25. The number of hydrogen-bond donors (Lipinski definition) is 2. The summed E-state index contributed by atoms with van der Waals surface area (Å²) in [7, 11) is -3.52. The van der Waals surface area contributed by atoms with Gasteiger partial charge in [-0.3, -0.25) is 14.5 Å². The van der Waals surface area contributed by atoms with E-state index in [9.17, 15) is 13.2 Å². The molecule has 1 atom stereocenters. The van der Waals surface area contributed by atoms with Gasteiger partial charge in [0.15, 0.2) is 0 Å². The van der Waals surface area contributed by atoms with Gasteiger partial charge in [-0.25, -0.2) is 13.4 Å². The number of rotatable bonds is 9. The molecule has 0 unspecified atom stereocenters. The molecule has 0 saturated carbocycles. The predicted molar refractivity (Wildman–Crippen MR) is 133 cm³/mol. The summed E-state index contributed by atoms with van der Waals surface area (Å²) >= 11 is 0. The van der Waals surface area contributed by atoms with Crippen LogP contribution < -0.4 is 10.0 Å². The van der Waals surface area contributed by atoms with Crippen LogP contribution in [0.25, 0.3) is 11.0 Å². The molecule has 0 aliphatic carbocycles. The number of nitrogens with zero attached hydrogens (tertiary/aromatic N) is 3. The molecule has 0 radical (unpaired) electrons. The van der Waals surface area contributed by atoms with E-state index in [0.717, 1.165) is 18.4 Å². The summed E-state index contributed by atoms with van der Waals surface area (Å²) in [4.78, 5) is 22.1. The summed E-state index contributed by atoms with van der Waals surface area (Å²) in [5.41, 5.74) is 3.92. The van der Waals surface area contributed by atoms with Crippen LogP contribution in [-0.2, 0) is 29.4 Å². The number of imidazole rings is 1. The van der Waals surface area contributed by atoms with E-state index in [0.29, 0.717) is 35.2 Å². The van der Waals surface area contributed by atoms with Crippen molar-refractivity contribution in [2.75, 3.05) is 11.0 Å². The Morgan fingerprint density at radius 1 is 1.06 bits per heavy atom. The largest absolute Gasteiger partial charge is 0.349 e. The van der Waals surface area contributed by atoms with Crippen molar-refractivity contribution in [1.29, 1.82) is 0 Å². The number of aryl methyl sites for hydroxylation is 2. The van der Waals surface area contributed by atoms with Crippen molar-refractivity contribution in [3.63, 3.8) is 0 Å². The van der Waals surface area contributed by atoms with Crippen LogP contribution in [-0.4, -0.2) is 41.2 Å². The van der Waals surface area contributed by atoms with E-state index in [1.807, 2.05) is 47.9 Å². The second kappa shape index (κ2) is 10.0. The van der Waals surface area contributed by atoms with Crippen molar-refractivity contribution in [2.45, 2.75) is 32.4 Å². The molecule has 0 aliphatic rings. The Balaban J connectivity index is 1.64. The minimum Gasteiger partial charge on any atom is -0.349 e. The fourth-order valence-corrected chi connectivity index (χ4v) is 4.45. The van der Waals surface area contributed by atoms with Gasteiger partial charge in [-0.05, 0) is 43.2 Å². The van der Waals surface area contributed by atoms with Gasteiger partial charge in [0, 0.05) is 30.9 Å². The van der Waals surface area contributed by atoms with Gasteiger partial charge in [0.25, 0.3) is 5.91 Å². The van der Waals surface area contributed by atoms with Gasteiger partial charge in [-0.15, -0.1) is 0 Å². The van der Waals surface area contributed by atoms with Crippen LogP contribution in [0.1, 0.15) is 28.5 Å². The maximum absolute atomic E-state index is 13.4. The molecular formula is C25H27N5O3S. The second-order valence-electron chi connectivity index (χ2n) is 8.34. The molecular weight excluding hydrogens is 450 g/mol. The minimum absolute atomic E-state index is 0.176. The van der Waals surface area contributed by atoms with Crippen LogP contribution in [0.5, 0.6) is 0 Å².